The van der Waals surface area contributed by atoms with Crippen LogP contribution in [0.5, 0.6) is 0 Å². The molecule has 0 aromatic carbocycles. The molecule has 102 valence electrons. The van der Waals surface area contributed by atoms with Crippen LogP contribution in [-0.2, 0) is 9.53 Å². The average molecular weight is 243 g/mol. The number of carbonyl (C=O) groups excluding carboxylic acids is 1. The van der Waals surface area contributed by atoms with Crippen molar-refractivity contribution in [2.45, 2.75) is 66.3 Å². The standard InChI is InChI=1S/C14H29NO2/c1-12(2)15-13(16)8-11-17-10-7-6-9-14(3,4)5/h12H,6-11H2,1-5H3,(H,15,16). The normalized spacial score (nSPS) is 11.9. The Labute approximate surface area is 106 Å². The van der Waals surface area contributed by atoms with Crippen molar-refractivity contribution in [3.8, 4) is 0 Å². The quantitative estimate of drug-likeness (QED) is 0.665. The van der Waals surface area contributed by atoms with Crippen LogP contribution >= 0.6 is 0 Å². The number of unbranched alkanes of at least 4 members (excludes halogenated alkanes) is 1. The minimum absolute atomic E-state index is 0.0784. The van der Waals surface area contributed by atoms with Crippen molar-refractivity contribution in [3.63, 3.8) is 0 Å². The lowest BCUT2D eigenvalue weighted by atomic mass is 9.90. The predicted octanol–water partition coefficient (Wildman–Crippen LogP) is 3.13. The van der Waals surface area contributed by atoms with Gasteiger partial charge in [-0.1, -0.05) is 27.2 Å². The summed E-state index contributed by atoms with van der Waals surface area (Å²) >= 11 is 0. The molecule has 0 fully saturated rings. The zero-order valence-electron chi connectivity index (χ0n) is 12.1. The summed E-state index contributed by atoms with van der Waals surface area (Å²) in [5.74, 6) is 0.0784. The third-order valence-electron chi connectivity index (χ3n) is 2.39. The molecule has 0 saturated heterocycles. The highest BCUT2D eigenvalue weighted by atomic mass is 16.5. The summed E-state index contributed by atoms with van der Waals surface area (Å²) in [6, 6.07) is 0.217. The van der Waals surface area contributed by atoms with E-state index in [1.54, 1.807) is 0 Å². The Bertz CT molecular complexity index is 207. The second kappa shape index (κ2) is 8.51. The molecule has 0 heterocycles. The Morgan fingerprint density at radius 1 is 1.18 bits per heavy atom. The molecular weight excluding hydrogens is 214 g/mol. The number of nitrogens with one attached hydrogen (secondary N) is 1. The smallest absolute Gasteiger partial charge is 0.222 e. The maximum atomic E-state index is 11.3. The van der Waals surface area contributed by atoms with Crippen molar-refractivity contribution in [2.24, 2.45) is 5.41 Å². The second-order valence-corrected chi connectivity index (χ2v) is 6.10. The Balaban J connectivity index is 3.27. The van der Waals surface area contributed by atoms with Gasteiger partial charge in [0, 0.05) is 19.1 Å². The minimum Gasteiger partial charge on any atom is -0.381 e. The van der Waals surface area contributed by atoms with Crippen LogP contribution in [0.2, 0.25) is 0 Å². The molecule has 0 saturated carbocycles. The molecule has 1 N–H and O–H groups in total. The molecule has 0 spiro atoms. The maximum absolute atomic E-state index is 11.3. The van der Waals surface area contributed by atoms with Crippen molar-refractivity contribution >= 4 is 5.91 Å². The summed E-state index contributed by atoms with van der Waals surface area (Å²) in [6.45, 7) is 12.0. The average Bonchev–Trinajstić information content (AvgIpc) is 2.13. The van der Waals surface area contributed by atoms with Gasteiger partial charge in [0.05, 0.1) is 6.61 Å². The third-order valence-corrected chi connectivity index (χ3v) is 2.39. The van der Waals surface area contributed by atoms with Crippen molar-refractivity contribution in [3.05, 3.63) is 0 Å². The van der Waals surface area contributed by atoms with Crippen LogP contribution in [0.15, 0.2) is 0 Å². The Morgan fingerprint density at radius 3 is 2.35 bits per heavy atom. The highest BCUT2D eigenvalue weighted by Crippen LogP contribution is 2.21. The summed E-state index contributed by atoms with van der Waals surface area (Å²) < 4.78 is 5.44. The van der Waals surface area contributed by atoms with Crippen LogP contribution in [0.4, 0.5) is 0 Å². The molecule has 0 radical (unpaired) electrons. The van der Waals surface area contributed by atoms with Crippen LogP contribution in [0.1, 0.15) is 60.3 Å². The van der Waals surface area contributed by atoms with E-state index in [1.807, 2.05) is 13.8 Å². The third kappa shape index (κ3) is 13.4. The lowest BCUT2D eigenvalue weighted by Crippen LogP contribution is -2.30. The molecule has 0 aliphatic rings. The predicted molar refractivity (Wildman–Crippen MR) is 72.0 cm³/mol. The number of amides is 1. The number of ether oxygens (including phenoxy) is 1. The SMILES string of the molecule is CC(C)NC(=O)CCOCCCCC(C)(C)C. The molecule has 0 atom stereocenters. The van der Waals surface area contributed by atoms with Crippen LogP contribution in [-0.4, -0.2) is 25.2 Å². The number of rotatable bonds is 8. The monoisotopic (exact) mass is 243 g/mol. The second-order valence-electron chi connectivity index (χ2n) is 6.10. The van der Waals surface area contributed by atoms with Gasteiger partial charge < -0.3 is 10.1 Å². The molecule has 17 heavy (non-hydrogen) atoms. The fraction of sp³-hybridized carbons (Fsp3) is 0.929. The lowest BCUT2D eigenvalue weighted by molar-refractivity contribution is -0.122. The Kier molecular flexibility index (Phi) is 8.23. The van der Waals surface area contributed by atoms with E-state index in [0.717, 1.165) is 13.0 Å². The minimum atomic E-state index is 0.0784. The van der Waals surface area contributed by atoms with E-state index in [-0.39, 0.29) is 11.9 Å². The van der Waals surface area contributed by atoms with Crippen LogP contribution < -0.4 is 5.32 Å². The highest BCUT2D eigenvalue weighted by Gasteiger charge is 2.08. The lowest BCUT2D eigenvalue weighted by Gasteiger charge is -2.17. The molecule has 1 amide bonds. The van der Waals surface area contributed by atoms with Gasteiger partial charge in [0.25, 0.3) is 0 Å². The fourth-order valence-corrected chi connectivity index (χ4v) is 1.52. The van der Waals surface area contributed by atoms with E-state index in [2.05, 4.69) is 26.1 Å². The summed E-state index contributed by atoms with van der Waals surface area (Å²) in [6.07, 6.45) is 3.98. The fourth-order valence-electron chi connectivity index (χ4n) is 1.52. The van der Waals surface area contributed by atoms with E-state index < -0.39 is 0 Å². The molecule has 3 nitrogen and oxygen atoms in total. The first-order valence-corrected chi connectivity index (χ1v) is 6.68. The Hall–Kier alpha value is -0.570. The first-order valence-electron chi connectivity index (χ1n) is 6.68. The van der Waals surface area contributed by atoms with Crippen molar-refractivity contribution in [2.75, 3.05) is 13.2 Å². The summed E-state index contributed by atoms with van der Waals surface area (Å²) in [5.41, 5.74) is 0.414. The van der Waals surface area contributed by atoms with Gasteiger partial charge in [-0.05, 0) is 32.1 Å². The topological polar surface area (TPSA) is 38.3 Å². The molecule has 0 aliphatic carbocycles. The molecule has 3 heteroatoms. The highest BCUT2D eigenvalue weighted by molar-refractivity contribution is 5.76. The van der Waals surface area contributed by atoms with E-state index in [1.165, 1.54) is 12.8 Å². The van der Waals surface area contributed by atoms with Crippen molar-refractivity contribution in [1.29, 1.82) is 0 Å². The van der Waals surface area contributed by atoms with Gasteiger partial charge in [0.2, 0.25) is 5.91 Å². The first-order chi connectivity index (χ1) is 7.81. The molecule has 0 rings (SSSR count). The van der Waals surface area contributed by atoms with E-state index in [9.17, 15) is 4.79 Å². The Morgan fingerprint density at radius 2 is 1.82 bits per heavy atom. The first kappa shape index (κ1) is 16.4. The zero-order valence-corrected chi connectivity index (χ0v) is 12.1. The maximum Gasteiger partial charge on any atom is 0.222 e. The molecule has 0 aromatic rings. The number of hydrogen-bond donors (Lipinski definition) is 1. The van der Waals surface area contributed by atoms with E-state index in [0.29, 0.717) is 18.4 Å². The molecule has 0 bridgehead atoms. The van der Waals surface area contributed by atoms with Crippen molar-refractivity contribution < 1.29 is 9.53 Å². The summed E-state index contributed by atoms with van der Waals surface area (Å²) in [4.78, 5) is 11.3. The summed E-state index contributed by atoms with van der Waals surface area (Å²) in [7, 11) is 0. The molecule has 0 unspecified atom stereocenters. The molecule has 0 aliphatic heterocycles. The summed E-state index contributed by atoms with van der Waals surface area (Å²) in [5, 5.41) is 2.85. The van der Waals surface area contributed by atoms with Gasteiger partial charge in [-0.25, -0.2) is 0 Å². The van der Waals surface area contributed by atoms with Gasteiger partial charge in [0.15, 0.2) is 0 Å². The van der Waals surface area contributed by atoms with Crippen molar-refractivity contribution in [1.82, 2.24) is 5.32 Å². The van der Waals surface area contributed by atoms with Gasteiger partial charge in [-0.2, -0.15) is 0 Å². The van der Waals surface area contributed by atoms with E-state index >= 15 is 0 Å². The van der Waals surface area contributed by atoms with Gasteiger partial charge in [-0.15, -0.1) is 0 Å². The van der Waals surface area contributed by atoms with Crippen LogP contribution in [0.25, 0.3) is 0 Å². The van der Waals surface area contributed by atoms with E-state index in [4.69, 9.17) is 4.74 Å². The van der Waals surface area contributed by atoms with Crippen LogP contribution in [0.3, 0.4) is 0 Å². The van der Waals surface area contributed by atoms with Gasteiger partial charge in [0.1, 0.15) is 0 Å². The molecule has 0 aromatic heterocycles. The zero-order chi connectivity index (χ0) is 13.3. The molecular formula is C14H29NO2. The van der Waals surface area contributed by atoms with Gasteiger partial charge >= 0.3 is 0 Å². The van der Waals surface area contributed by atoms with Gasteiger partial charge in [-0.3, -0.25) is 4.79 Å². The largest absolute Gasteiger partial charge is 0.381 e. The van der Waals surface area contributed by atoms with Crippen LogP contribution in [0, 0.1) is 5.41 Å². The number of hydrogen-bond acceptors (Lipinski definition) is 2. The number of carbonyl (C=O) groups is 1.